The molecule has 1 saturated heterocycles. The second-order valence-electron chi connectivity index (χ2n) is 4.78. The smallest absolute Gasteiger partial charge is 0.107 e. The molecule has 0 aromatic carbocycles. The van der Waals surface area contributed by atoms with Crippen molar-refractivity contribution in [3.05, 3.63) is 19.8 Å². The van der Waals surface area contributed by atoms with Crippen molar-refractivity contribution in [2.45, 2.75) is 26.2 Å². The van der Waals surface area contributed by atoms with Crippen LogP contribution < -0.4 is 5.32 Å². The van der Waals surface area contributed by atoms with Crippen LogP contribution in [0.5, 0.6) is 0 Å². The summed E-state index contributed by atoms with van der Waals surface area (Å²) in [7, 11) is 0. The van der Waals surface area contributed by atoms with Crippen LogP contribution in [0.1, 0.15) is 31.1 Å². The lowest BCUT2D eigenvalue weighted by atomic mass is 9.78. The lowest BCUT2D eigenvalue weighted by Gasteiger charge is -2.34. The van der Waals surface area contributed by atoms with Crippen molar-refractivity contribution >= 4 is 38.9 Å². The average Bonchev–Trinajstić information content (AvgIpc) is 2.59. The van der Waals surface area contributed by atoms with E-state index in [2.05, 4.69) is 41.2 Å². The molecule has 0 saturated carbocycles. The molecule has 16 heavy (non-hydrogen) atoms. The number of hydrogen-bond donors (Lipinski definition) is 1. The second kappa shape index (κ2) is 5.38. The van der Waals surface area contributed by atoms with Gasteiger partial charge in [0.05, 0.1) is 0 Å². The van der Waals surface area contributed by atoms with Crippen LogP contribution in [0.25, 0.3) is 0 Å². The van der Waals surface area contributed by atoms with Gasteiger partial charge in [0.15, 0.2) is 0 Å². The first-order valence-electron chi connectivity index (χ1n) is 5.75. The summed E-state index contributed by atoms with van der Waals surface area (Å²) in [4.78, 5) is 1.44. The zero-order valence-electron chi connectivity index (χ0n) is 9.59. The number of nitrogens with one attached hydrogen (secondary N) is 1. The molecule has 0 radical (unpaired) electrons. The summed E-state index contributed by atoms with van der Waals surface area (Å²) in [6, 6.07) is 2.21. The summed E-state index contributed by atoms with van der Waals surface area (Å²) >= 11 is 11.4. The third kappa shape index (κ3) is 2.63. The molecule has 0 amide bonds. The van der Waals surface area contributed by atoms with E-state index in [1.54, 1.807) is 11.3 Å². The van der Waals surface area contributed by atoms with Crippen LogP contribution in [0.4, 0.5) is 0 Å². The normalized spacial score (nSPS) is 26.3. The minimum absolute atomic E-state index is 0.676. The standard InChI is InChI=1S/C12H17BrClNS/c1-7(2)9-6-15-4-3-8(9)11-5-10(13)12(14)16-11/h5,7-9,15H,3-4,6H2,1-2H3. The third-order valence-corrected chi connectivity index (χ3v) is 6.02. The number of piperidine rings is 1. The van der Waals surface area contributed by atoms with Gasteiger partial charge in [-0.25, -0.2) is 0 Å². The van der Waals surface area contributed by atoms with Crippen molar-refractivity contribution in [1.82, 2.24) is 5.32 Å². The van der Waals surface area contributed by atoms with E-state index in [1.807, 2.05) is 0 Å². The quantitative estimate of drug-likeness (QED) is 0.844. The Morgan fingerprint density at radius 3 is 2.88 bits per heavy atom. The fourth-order valence-electron chi connectivity index (χ4n) is 2.48. The van der Waals surface area contributed by atoms with Crippen LogP contribution in [0.2, 0.25) is 4.34 Å². The molecule has 1 aliphatic heterocycles. The Balaban J connectivity index is 2.23. The van der Waals surface area contributed by atoms with E-state index in [0.29, 0.717) is 5.92 Å². The molecule has 2 unspecified atom stereocenters. The largest absolute Gasteiger partial charge is 0.316 e. The fourth-order valence-corrected chi connectivity index (χ4v) is 4.43. The summed E-state index contributed by atoms with van der Waals surface area (Å²) < 4.78 is 1.94. The number of thiophene rings is 1. The Bertz CT molecular complexity index is 344. The first-order valence-corrected chi connectivity index (χ1v) is 7.73. The van der Waals surface area contributed by atoms with Crippen molar-refractivity contribution in [2.75, 3.05) is 13.1 Å². The SMILES string of the molecule is CC(C)C1CNCCC1c1cc(Br)c(Cl)s1. The zero-order valence-corrected chi connectivity index (χ0v) is 12.8. The topological polar surface area (TPSA) is 12.0 Å². The van der Waals surface area contributed by atoms with Gasteiger partial charge in [-0.05, 0) is 59.3 Å². The molecular weight excluding hydrogens is 306 g/mol. The van der Waals surface area contributed by atoms with Gasteiger partial charge in [0.2, 0.25) is 0 Å². The minimum Gasteiger partial charge on any atom is -0.316 e. The average molecular weight is 323 g/mol. The summed E-state index contributed by atoms with van der Waals surface area (Å²) in [5.74, 6) is 2.13. The summed E-state index contributed by atoms with van der Waals surface area (Å²) in [5.41, 5.74) is 0. The van der Waals surface area contributed by atoms with Gasteiger partial charge in [-0.1, -0.05) is 25.4 Å². The molecule has 0 aliphatic carbocycles. The monoisotopic (exact) mass is 321 g/mol. The van der Waals surface area contributed by atoms with Gasteiger partial charge in [-0.3, -0.25) is 0 Å². The summed E-state index contributed by atoms with van der Waals surface area (Å²) in [6.45, 7) is 6.89. The predicted octanol–water partition coefficient (Wildman–Crippen LogP) is 4.51. The Kier molecular flexibility index (Phi) is 4.33. The van der Waals surface area contributed by atoms with Gasteiger partial charge in [-0.2, -0.15) is 0 Å². The Labute approximate surface area is 115 Å². The Morgan fingerprint density at radius 1 is 1.56 bits per heavy atom. The Hall–Kier alpha value is 0.430. The van der Waals surface area contributed by atoms with Gasteiger partial charge in [0, 0.05) is 9.35 Å². The molecule has 1 aromatic rings. The molecule has 1 fully saturated rings. The summed E-state index contributed by atoms with van der Waals surface area (Å²) in [6.07, 6.45) is 1.23. The van der Waals surface area contributed by atoms with Crippen LogP contribution in [0.15, 0.2) is 10.5 Å². The minimum atomic E-state index is 0.676. The molecular formula is C12H17BrClNS. The fraction of sp³-hybridized carbons (Fsp3) is 0.667. The van der Waals surface area contributed by atoms with Gasteiger partial charge in [0.1, 0.15) is 4.34 Å². The highest BCUT2D eigenvalue weighted by atomic mass is 79.9. The van der Waals surface area contributed by atoms with Crippen LogP contribution >= 0.6 is 38.9 Å². The van der Waals surface area contributed by atoms with Crippen molar-refractivity contribution in [1.29, 1.82) is 0 Å². The van der Waals surface area contributed by atoms with Crippen molar-refractivity contribution < 1.29 is 0 Å². The van der Waals surface area contributed by atoms with E-state index in [0.717, 1.165) is 33.7 Å². The van der Waals surface area contributed by atoms with Gasteiger partial charge < -0.3 is 5.32 Å². The molecule has 2 rings (SSSR count). The Morgan fingerprint density at radius 2 is 2.31 bits per heavy atom. The first-order chi connectivity index (χ1) is 7.59. The molecule has 0 bridgehead atoms. The van der Waals surface area contributed by atoms with E-state index in [1.165, 1.54) is 11.3 Å². The van der Waals surface area contributed by atoms with E-state index >= 15 is 0 Å². The zero-order chi connectivity index (χ0) is 11.7. The van der Waals surface area contributed by atoms with E-state index in [4.69, 9.17) is 11.6 Å². The molecule has 4 heteroatoms. The maximum atomic E-state index is 6.13. The maximum Gasteiger partial charge on any atom is 0.107 e. The van der Waals surface area contributed by atoms with Gasteiger partial charge in [0.25, 0.3) is 0 Å². The molecule has 1 aliphatic rings. The van der Waals surface area contributed by atoms with Crippen molar-refractivity contribution in [3.63, 3.8) is 0 Å². The lowest BCUT2D eigenvalue weighted by molar-refractivity contribution is 0.258. The van der Waals surface area contributed by atoms with E-state index in [9.17, 15) is 0 Å². The highest BCUT2D eigenvalue weighted by Crippen LogP contribution is 2.42. The van der Waals surface area contributed by atoms with E-state index in [-0.39, 0.29) is 0 Å². The van der Waals surface area contributed by atoms with Crippen LogP contribution in [-0.4, -0.2) is 13.1 Å². The highest BCUT2D eigenvalue weighted by molar-refractivity contribution is 9.10. The molecule has 0 spiro atoms. The number of rotatable bonds is 2. The van der Waals surface area contributed by atoms with Crippen molar-refractivity contribution in [3.8, 4) is 0 Å². The second-order valence-corrected chi connectivity index (χ2v) is 7.32. The number of halogens is 2. The van der Waals surface area contributed by atoms with Gasteiger partial charge >= 0.3 is 0 Å². The molecule has 90 valence electrons. The van der Waals surface area contributed by atoms with E-state index < -0.39 is 0 Å². The van der Waals surface area contributed by atoms with Crippen LogP contribution in [-0.2, 0) is 0 Å². The molecule has 1 aromatic heterocycles. The lowest BCUT2D eigenvalue weighted by Crippen LogP contribution is -2.37. The van der Waals surface area contributed by atoms with Gasteiger partial charge in [-0.15, -0.1) is 11.3 Å². The molecule has 2 atom stereocenters. The van der Waals surface area contributed by atoms with Crippen LogP contribution in [0.3, 0.4) is 0 Å². The highest BCUT2D eigenvalue weighted by Gasteiger charge is 2.30. The predicted molar refractivity (Wildman–Crippen MR) is 75.6 cm³/mol. The molecule has 1 N–H and O–H groups in total. The third-order valence-electron chi connectivity index (χ3n) is 3.41. The summed E-state index contributed by atoms with van der Waals surface area (Å²) in [5, 5.41) is 3.50. The first kappa shape index (κ1) is 12.9. The molecule has 2 heterocycles. The van der Waals surface area contributed by atoms with Crippen LogP contribution in [0, 0.1) is 11.8 Å². The maximum absolute atomic E-state index is 6.13. The molecule has 1 nitrogen and oxygen atoms in total. The van der Waals surface area contributed by atoms with Crippen molar-refractivity contribution in [2.24, 2.45) is 11.8 Å². The number of hydrogen-bond acceptors (Lipinski definition) is 2.